The van der Waals surface area contributed by atoms with Gasteiger partial charge in [-0.15, -0.1) is 11.3 Å². The average molecular weight is 438 g/mol. The van der Waals surface area contributed by atoms with E-state index in [0.717, 1.165) is 11.3 Å². The number of rotatable bonds is 4. The van der Waals surface area contributed by atoms with Gasteiger partial charge in [0.1, 0.15) is 15.7 Å². The first-order valence-corrected chi connectivity index (χ1v) is 10.1. The number of para-hydroxylation sites is 1. The summed E-state index contributed by atoms with van der Waals surface area (Å²) in [7, 11) is 0. The molecule has 1 amide bonds. The Morgan fingerprint density at radius 2 is 2.00 bits per heavy atom. The number of carbonyl (C=O) groups is 1. The zero-order valence-corrected chi connectivity index (χ0v) is 16.7. The second-order valence-corrected chi connectivity index (χ2v) is 8.83. The standard InChI is InChI=1S/C18H10Cl2FN3OS2/c19-14-8-11(16(20)27-14)17(25)24(9-10-4-1-2-7-22-10)18-23-15-12(21)5-3-6-13(15)26-18/h1-8H,9H2. The fourth-order valence-electron chi connectivity index (χ4n) is 2.53. The monoisotopic (exact) mass is 437 g/mol. The number of thiazole rings is 1. The highest BCUT2D eigenvalue weighted by Gasteiger charge is 2.26. The number of benzene rings is 1. The predicted octanol–water partition coefficient (Wildman–Crippen LogP) is 6.05. The van der Waals surface area contributed by atoms with Crippen LogP contribution in [0.2, 0.25) is 8.67 Å². The molecule has 0 aliphatic heterocycles. The minimum Gasteiger partial charge on any atom is -0.278 e. The molecule has 0 aliphatic carbocycles. The Hall–Kier alpha value is -2.06. The molecule has 1 aromatic carbocycles. The summed E-state index contributed by atoms with van der Waals surface area (Å²) in [4.78, 5) is 23.2. The van der Waals surface area contributed by atoms with E-state index in [1.165, 1.54) is 28.4 Å². The van der Waals surface area contributed by atoms with Crippen molar-refractivity contribution in [2.45, 2.75) is 6.54 Å². The van der Waals surface area contributed by atoms with Crippen molar-refractivity contribution in [2.24, 2.45) is 0 Å². The number of hydrogen-bond donors (Lipinski definition) is 0. The van der Waals surface area contributed by atoms with E-state index in [4.69, 9.17) is 23.2 Å². The van der Waals surface area contributed by atoms with Crippen LogP contribution in [0.15, 0.2) is 48.7 Å². The zero-order chi connectivity index (χ0) is 19.0. The number of halogens is 3. The fraction of sp³-hybridized carbons (Fsp3) is 0.0556. The van der Waals surface area contributed by atoms with Crippen LogP contribution in [0.5, 0.6) is 0 Å². The van der Waals surface area contributed by atoms with Gasteiger partial charge in [-0.2, -0.15) is 0 Å². The smallest absolute Gasteiger partial charge is 0.262 e. The first-order valence-electron chi connectivity index (χ1n) is 7.74. The minimum atomic E-state index is -0.433. The highest BCUT2D eigenvalue weighted by atomic mass is 35.5. The highest BCUT2D eigenvalue weighted by molar-refractivity contribution is 7.22. The van der Waals surface area contributed by atoms with Crippen molar-refractivity contribution in [1.29, 1.82) is 0 Å². The molecule has 0 unspecified atom stereocenters. The van der Waals surface area contributed by atoms with Crippen molar-refractivity contribution < 1.29 is 9.18 Å². The van der Waals surface area contributed by atoms with E-state index in [9.17, 15) is 9.18 Å². The van der Waals surface area contributed by atoms with Gasteiger partial charge in [-0.1, -0.05) is 46.7 Å². The molecule has 0 N–H and O–H groups in total. The first kappa shape index (κ1) is 18.3. The molecule has 0 bridgehead atoms. The van der Waals surface area contributed by atoms with E-state index in [1.807, 2.05) is 6.07 Å². The largest absolute Gasteiger partial charge is 0.278 e. The normalized spacial score (nSPS) is 11.1. The molecular weight excluding hydrogens is 428 g/mol. The van der Waals surface area contributed by atoms with Crippen LogP contribution < -0.4 is 4.90 Å². The van der Waals surface area contributed by atoms with E-state index in [2.05, 4.69) is 9.97 Å². The van der Waals surface area contributed by atoms with E-state index in [0.29, 0.717) is 24.2 Å². The number of amides is 1. The molecule has 4 nitrogen and oxygen atoms in total. The molecule has 136 valence electrons. The third kappa shape index (κ3) is 3.68. The molecule has 0 saturated carbocycles. The van der Waals surface area contributed by atoms with Gasteiger partial charge in [-0.3, -0.25) is 14.7 Å². The molecule has 3 heterocycles. The molecule has 0 saturated heterocycles. The van der Waals surface area contributed by atoms with Crippen molar-refractivity contribution in [2.75, 3.05) is 4.90 Å². The molecular formula is C18H10Cl2FN3OS2. The Labute approximate surface area is 171 Å². The van der Waals surface area contributed by atoms with Gasteiger partial charge in [0.25, 0.3) is 5.91 Å². The van der Waals surface area contributed by atoms with E-state index < -0.39 is 5.82 Å². The lowest BCUT2D eigenvalue weighted by Crippen LogP contribution is -2.30. The number of nitrogens with zero attached hydrogens (tertiary/aromatic N) is 3. The maximum absolute atomic E-state index is 14.1. The number of thiophene rings is 1. The second kappa shape index (κ2) is 7.52. The third-order valence-corrected chi connectivity index (χ3v) is 6.30. The Morgan fingerprint density at radius 3 is 2.67 bits per heavy atom. The Morgan fingerprint density at radius 1 is 1.15 bits per heavy atom. The van der Waals surface area contributed by atoms with Gasteiger partial charge in [0.15, 0.2) is 5.13 Å². The Balaban J connectivity index is 1.80. The molecule has 27 heavy (non-hydrogen) atoms. The van der Waals surface area contributed by atoms with Gasteiger partial charge in [0.2, 0.25) is 0 Å². The third-order valence-electron chi connectivity index (χ3n) is 3.77. The molecule has 3 aromatic heterocycles. The van der Waals surface area contributed by atoms with Gasteiger partial charge in [0, 0.05) is 6.20 Å². The maximum Gasteiger partial charge on any atom is 0.262 e. The molecule has 4 aromatic rings. The molecule has 4 rings (SSSR count). The zero-order valence-electron chi connectivity index (χ0n) is 13.5. The van der Waals surface area contributed by atoms with E-state index in [-0.39, 0.29) is 23.5 Å². The van der Waals surface area contributed by atoms with Crippen molar-refractivity contribution >= 4 is 67.1 Å². The average Bonchev–Trinajstić information content (AvgIpc) is 3.23. The fourth-order valence-corrected chi connectivity index (χ4v) is 4.96. The van der Waals surface area contributed by atoms with Crippen LogP contribution in [0.4, 0.5) is 9.52 Å². The van der Waals surface area contributed by atoms with Gasteiger partial charge < -0.3 is 0 Å². The van der Waals surface area contributed by atoms with Crippen LogP contribution in [-0.2, 0) is 6.54 Å². The molecule has 0 atom stereocenters. The highest BCUT2D eigenvalue weighted by Crippen LogP contribution is 2.36. The van der Waals surface area contributed by atoms with Gasteiger partial charge >= 0.3 is 0 Å². The van der Waals surface area contributed by atoms with Crippen LogP contribution in [0.3, 0.4) is 0 Å². The van der Waals surface area contributed by atoms with Gasteiger partial charge in [-0.05, 0) is 30.3 Å². The molecule has 0 fully saturated rings. The van der Waals surface area contributed by atoms with E-state index in [1.54, 1.807) is 30.5 Å². The lowest BCUT2D eigenvalue weighted by molar-refractivity contribution is 0.0985. The lowest BCUT2D eigenvalue weighted by atomic mass is 10.2. The summed E-state index contributed by atoms with van der Waals surface area (Å²) in [5, 5.41) is 0.365. The van der Waals surface area contributed by atoms with Crippen LogP contribution in [0, 0.1) is 5.82 Å². The van der Waals surface area contributed by atoms with E-state index >= 15 is 0 Å². The maximum atomic E-state index is 14.1. The minimum absolute atomic E-state index is 0.172. The summed E-state index contributed by atoms with van der Waals surface area (Å²) in [6, 6.07) is 11.7. The topological polar surface area (TPSA) is 46.1 Å². The quantitative estimate of drug-likeness (QED) is 0.390. The van der Waals surface area contributed by atoms with Crippen molar-refractivity contribution in [3.8, 4) is 0 Å². The summed E-state index contributed by atoms with van der Waals surface area (Å²) in [6.07, 6.45) is 1.64. The molecule has 0 aliphatic rings. The predicted molar refractivity (Wildman–Crippen MR) is 109 cm³/mol. The van der Waals surface area contributed by atoms with Crippen LogP contribution in [-0.4, -0.2) is 15.9 Å². The lowest BCUT2D eigenvalue weighted by Gasteiger charge is -2.19. The van der Waals surface area contributed by atoms with Crippen LogP contribution in [0.1, 0.15) is 16.1 Å². The van der Waals surface area contributed by atoms with Gasteiger partial charge in [-0.25, -0.2) is 9.37 Å². The number of pyridine rings is 1. The summed E-state index contributed by atoms with van der Waals surface area (Å²) >= 11 is 14.5. The number of aromatic nitrogens is 2. The number of carbonyl (C=O) groups excluding carboxylic acids is 1. The Kier molecular flexibility index (Phi) is 5.10. The summed E-state index contributed by atoms with van der Waals surface area (Å²) in [6.45, 7) is 0.172. The second-order valence-electron chi connectivity index (χ2n) is 5.53. The van der Waals surface area contributed by atoms with Crippen molar-refractivity contribution in [3.63, 3.8) is 0 Å². The van der Waals surface area contributed by atoms with Gasteiger partial charge in [0.05, 0.1) is 26.8 Å². The molecule has 0 spiro atoms. The number of anilines is 1. The molecule has 0 radical (unpaired) electrons. The first-order chi connectivity index (χ1) is 13.0. The van der Waals surface area contributed by atoms with Crippen LogP contribution in [0.25, 0.3) is 10.2 Å². The Bertz CT molecular complexity index is 1130. The number of hydrogen-bond acceptors (Lipinski definition) is 5. The summed E-state index contributed by atoms with van der Waals surface area (Å²) in [5.74, 6) is -0.801. The van der Waals surface area contributed by atoms with Crippen molar-refractivity contribution in [1.82, 2.24) is 9.97 Å². The number of fused-ring (bicyclic) bond motifs is 1. The van der Waals surface area contributed by atoms with Crippen LogP contribution >= 0.6 is 45.9 Å². The summed E-state index contributed by atoms with van der Waals surface area (Å²) < 4.78 is 15.4. The SMILES string of the molecule is O=C(c1cc(Cl)sc1Cl)N(Cc1ccccn1)c1nc2c(F)cccc2s1. The van der Waals surface area contributed by atoms with Crippen molar-refractivity contribution in [3.05, 3.63) is 74.4 Å². The summed E-state index contributed by atoms with van der Waals surface area (Å²) in [5.41, 5.74) is 1.18. The molecule has 9 heteroatoms.